The predicted molar refractivity (Wildman–Crippen MR) is 70.4 cm³/mol. The van der Waals surface area contributed by atoms with E-state index in [0.717, 1.165) is 31.6 Å². The second-order valence-corrected chi connectivity index (χ2v) is 4.25. The monoisotopic (exact) mass is 251 g/mol. The van der Waals surface area contributed by atoms with Crippen LogP contribution in [0.1, 0.15) is 12.8 Å². The topological polar surface area (TPSA) is 47.9 Å². The fourth-order valence-corrected chi connectivity index (χ4v) is 2.04. The van der Waals surface area contributed by atoms with Crippen LogP contribution >= 0.6 is 0 Å². The summed E-state index contributed by atoms with van der Waals surface area (Å²) in [7, 11) is 0. The zero-order chi connectivity index (χ0) is 12.8. The van der Waals surface area contributed by atoms with Crippen molar-refractivity contribution in [2.45, 2.75) is 12.8 Å². The van der Waals surface area contributed by atoms with Gasteiger partial charge in [0.15, 0.2) is 0 Å². The highest BCUT2D eigenvalue weighted by Crippen LogP contribution is 2.21. The second kappa shape index (κ2) is 6.35. The maximum Gasteiger partial charge on any atom is 0.146 e. The summed E-state index contributed by atoms with van der Waals surface area (Å²) >= 11 is 0. The number of anilines is 1. The van der Waals surface area contributed by atoms with Crippen molar-refractivity contribution in [1.29, 1.82) is 0 Å². The Morgan fingerprint density at radius 3 is 2.67 bits per heavy atom. The number of piperidine rings is 1. The van der Waals surface area contributed by atoms with Gasteiger partial charge in [-0.05, 0) is 12.1 Å². The van der Waals surface area contributed by atoms with E-state index in [0.29, 0.717) is 12.2 Å². The molecule has 0 bridgehead atoms. The molecule has 1 heterocycles. The predicted octanol–water partition coefficient (Wildman–Crippen LogP) is 1.36. The number of nitrogens with one attached hydrogen (secondary N) is 1. The summed E-state index contributed by atoms with van der Waals surface area (Å²) in [4.78, 5) is 2.04. The minimum Gasteiger partial charge on any atom is -0.394 e. The lowest BCUT2D eigenvalue weighted by Crippen LogP contribution is -2.35. The summed E-state index contributed by atoms with van der Waals surface area (Å²) in [5.41, 5.74) is 4.56. The van der Waals surface area contributed by atoms with Gasteiger partial charge < -0.3 is 15.4 Å². The molecule has 1 aromatic carbocycles. The van der Waals surface area contributed by atoms with E-state index >= 15 is 0 Å². The Bertz CT molecular complexity index is 412. The van der Waals surface area contributed by atoms with Gasteiger partial charge in [0.05, 0.1) is 18.8 Å². The van der Waals surface area contributed by atoms with Crippen LogP contribution in [0.25, 0.3) is 0 Å². The third-order valence-electron chi connectivity index (χ3n) is 2.99. The maximum atomic E-state index is 13.6. The molecule has 5 heteroatoms. The van der Waals surface area contributed by atoms with Crippen molar-refractivity contribution in [3.63, 3.8) is 0 Å². The zero-order valence-electron chi connectivity index (χ0n) is 10.3. The van der Waals surface area contributed by atoms with Crippen LogP contribution < -0.4 is 10.3 Å². The van der Waals surface area contributed by atoms with Gasteiger partial charge in [-0.1, -0.05) is 12.1 Å². The average molecular weight is 251 g/mol. The Labute approximate surface area is 106 Å². The van der Waals surface area contributed by atoms with Gasteiger partial charge in [0.25, 0.3) is 0 Å². The van der Waals surface area contributed by atoms with E-state index in [2.05, 4.69) is 10.5 Å². The summed E-state index contributed by atoms with van der Waals surface area (Å²) in [6, 6.07) is 6.85. The lowest BCUT2D eigenvalue weighted by Gasteiger charge is -2.29. The molecular weight excluding hydrogens is 233 g/mol. The first kappa shape index (κ1) is 12.8. The zero-order valence-corrected chi connectivity index (χ0v) is 10.3. The molecule has 1 fully saturated rings. The molecule has 0 saturated carbocycles. The number of para-hydroxylation sites is 1. The van der Waals surface area contributed by atoms with E-state index in [-0.39, 0.29) is 12.4 Å². The summed E-state index contributed by atoms with van der Waals surface area (Å²) in [5, 5.41) is 12.8. The number of benzene rings is 1. The first-order chi connectivity index (χ1) is 8.81. The molecule has 2 rings (SSSR count). The molecule has 18 heavy (non-hydrogen) atoms. The van der Waals surface area contributed by atoms with E-state index in [1.807, 2.05) is 17.0 Å². The van der Waals surface area contributed by atoms with Crippen LogP contribution in [0.4, 0.5) is 10.1 Å². The number of halogens is 1. The van der Waals surface area contributed by atoms with E-state index < -0.39 is 0 Å². The van der Waals surface area contributed by atoms with Crippen molar-refractivity contribution in [3.05, 3.63) is 30.1 Å². The number of hydrazone groups is 1. The molecule has 1 aromatic rings. The van der Waals surface area contributed by atoms with Crippen LogP contribution in [0.3, 0.4) is 0 Å². The molecule has 0 radical (unpaired) electrons. The van der Waals surface area contributed by atoms with Gasteiger partial charge in [0.2, 0.25) is 0 Å². The summed E-state index contributed by atoms with van der Waals surface area (Å²) in [6.07, 6.45) is 1.65. The number of rotatable bonds is 4. The largest absolute Gasteiger partial charge is 0.394 e. The van der Waals surface area contributed by atoms with Crippen LogP contribution in [-0.4, -0.2) is 37.1 Å². The summed E-state index contributed by atoms with van der Waals surface area (Å²) < 4.78 is 13.6. The van der Waals surface area contributed by atoms with Crippen molar-refractivity contribution in [2.24, 2.45) is 5.10 Å². The van der Waals surface area contributed by atoms with Crippen molar-refractivity contribution in [1.82, 2.24) is 5.43 Å². The number of aliphatic hydroxyl groups is 1. The summed E-state index contributed by atoms with van der Waals surface area (Å²) in [6.45, 7) is 2.11. The lowest BCUT2D eigenvalue weighted by molar-refractivity contribution is 0.293. The number of hydrogen-bond donors (Lipinski definition) is 2. The SMILES string of the molecule is OCCNN=C1CCN(c2ccccc2F)CC1. The van der Waals surface area contributed by atoms with Crippen molar-refractivity contribution in [3.8, 4) is 0 Å². The molecule has 2 N–H and O–H groups in total. The van der Waals surface area contributed by atoms with E-state index in [9.17, 15) is 4.39 Å². The number of hydrogen-bond acceptors (Lipinski definition) is 4. The summed E-state index contributed by atoms with van der Waals surface area (Å²) in [5.74, 6) is -0.170. The smallest absolute Gasteiger partial charge is 0.146 e. The third kappa shape index (κ3) is 3.20. The van der Waals surface area contributed by atoms with Gasteiger partial charge >= 0.3 is 0 Å². The van der Waals surface area contributed by atoms with E-state index in [1.165, 1.54) is 6.07 Å². The third-order valence-corrected chi connectivity index (χ3v) is 2.99. The fourth-order valence-electron chi connectivity index (χ4n) is 2.04. The quantitative estimate of drug-likeness (QED) is 0.627. The highest BCUT2D eigenvalue weighted by Gasteiger charge is 2.17. The molecule has 0 aliphatic carbocycles. The molecule has 1 aliphatic heterocycles. The van der Waals surface area contributed by atoms with Gasteiger partial charge in [0, 0.05) is 31.6 Å². The van der Waals surface area contributed by atoms with E-state index in [1.54, 1.807) is 6.07 Å². The molecule has 1 saturated heterocycles. The Morgan fingerprint density at radius 2 is 2.00 bits per heavy atom. The standard InChI is InChI=1S/C13H18FN3O/c14-12-3-1-2-4-13(12)17-8-5-11(6-9-17)16-15-7-10-18/h1-4,15,18H,5-10H2. The van der Waals surface area contributed by atoms with Crippen LogP contribution in [0.15, 0.2) is 29.4 Å². The molecule has 0 aromatic heterocycles. The molecule has 0 unspecified atom stereocenters. The Balaban J connectivity index is 1.91. The Hall–Kier alpha value is -1.62. The Kier molecular flexibility index (Phi) is 4.52. The molecule has 4 nitrogen and oxygen atoms in total. The molecule has 0 spiro atoms. The molecule has 1 aliphatic rings. The molecule has 0 atom stereocenters. The van der Waals surface area contributed by atoms with Gasteiger partial charge in [-0.15, -0.1) is 0 Å². The second-order valence-electron chi connectivity index (χ2n) is 4.25. The minimum atomic E-state index is -0.170. The highest BCUT2D eigenvalue weighted by molar-refractivity contribution is 5.86. The van der Waals surface area contributed by atoms with Crippen LogP contribution in [0.2, 0.25) is 0 Å². The normalized spacial score (nSPS) is 15.7. The highest BCUT2D eigenvalue weighted by atomic mass is 19.1. The van der Waals surface area contributed by atoms with Gasteiger partial charge in [-0.25, -0.2) is 4.39 Å². The lowest BCUT2D eigenvalue weighted by atomic mass is 10.1. The van der Waals surface area contributed by atoms with Crippen molar-refractivity contribution in [2.75, 3.05) is 31.1 Å². The molecule has 0 amide bonds. The van der Waals surface area contributed by atoms with Gasteiger partial charge in [0.1, 0.15) is 5.82 Å². The van der Waals surface area contributed by atoms with Crippen LogP contribution in [0.5, 0.6) is 0 Å². The number of aliphatic hydroxyl groups excluding tert-OH is 1. The van der Waals surface area contributed by atoms with Crippen LogP contribution in [0, 0.1) is 5.82 Å². The van der Waals surface area contributed by atoms with Crippen LogP contribution in [-0.2, 0) is 0 Å². The maximum absolute atomic E-state index is 13.6. The van der Waals surface area contributed by atoms with Gasteiger partial charge in [-0.3, -0.25) is 0 Å². The van der Waals surface area contributed by atoms with Crippen molar-refractivity contribution < 1.29 is 9.50 Å². The van der Waals surface area contributed by atoms with E-state index in [4.69, 9.17) is 5.11 Å². The first-order valence-electron chi connectivity index (χ1n) is 6.20. The van der Waals surface area contributed by atoms with Gasteiger partial charge in [-0.2, -0.15) is 5.10 Å². The number of nitrogens with zero attached hydrogens (tertiary/aromatic N) is 2. The average Bonchev–Trinajstić information content (AvgIpc) is 2.41. The van der Waals surface area contributed by atoms with Crippen molar-refractivity contribution >= 4 is 11.4 Å². The first-order valence-corrected chi connectivity index (χ1v) is 6.20. The fraction of sp³-hybridized carbons (Fsp3) is 0.462. The molecule has 98 valence electrons. The minimum absolute atomic E-state index is 0.0815. The molecular formula is C13H18FN3O. The Morgan fingerprint density at radius 1 is 1.28 bits per heavy atom.